The van der Waals surface area contributed by atoms with Crippen molar-refractivity contribution in [3.05, 3.63) is 0 Å². The normalized spacial score (nSPS) is 28.2. The minimum absolute atomic E-state index is 0.0933. The highest BCUT2D eigenvalue weighted by Gasteiger charge is 2.29. The van der Waals surface area contributed by atoms with Crippen molar-refractivity contribution >= 4 is 7.82 Å². The van der Waals surface area contributed by atoms with Crippen LogP contribution in [-0.2, 0) is 22.9 Å². The molecule has 1 N–H and O–H groups in total. The lowest BCUT2D eigenvalue weighted by molar-refractivity contribution is 0.0430. The van der Waals surface area contributed by atoms with Crippen molar-refractivity contribution in [2.75, 3.05) is 27.4 Å². The van der Waals surface area contributed by atoms with Crippen molar-refractivity contribution in [2.24, 2.45) is 0 Å². The number of aliphatic hydroxyl groups excluding tert-OH is 1. The number of rotatable bonds is 5. The van der Waals surface area contributed by atoms with Gasteiger partial charge in [0.2, 0.25) is 0 Å². The maximum absolute atomic E-state index is 11.4. The van der Waals surface area contributed by atoms with Gasteiger partial charge in [0.25, 0.3) is 0 Å². The first-order valence-corrected chi connectivity index (χ1v) is 5.71. The monoisotopic (exact) mass is 226 g/mol. The molecule has 0 unspecified atom stereocenters. The zero-order valence-corrected chi connectivity index (χ0v) is 9.11. The van der Waals surface area contributed by atoms with E-state index in [0.29, 0.717) is 6.42 Å². The summed E-state index contributed by atoms with van der Waals surface area (Å²) < 4.78 is 30.6. The third kappa shape index (κ3) is 3.31. The molecular formula is C7H15O6P. The number of phosphoric acid groups is 1. The van der Waals surface area contributed by atoms with Gasteiger partial charge in [0.15, 0.2) is 0 Å². The molecule has 1 heterocycles. The molecule has 84 valence electrons. The average molecular weight is 226 g/mol. The zero-order valence-electron chi connectivity index (χ0n) is 8.21. The van der Waals surface area contributed by atoms with E-state index in [1.165, 1.54) is 14.2 Å². The fourth-order valence-corrected chi connectivity index (χ4v) is 1.87. The summed E-state index contributed by atoms with van der Waals surface area (Å²) in [6, 6.07) is 0. The van der Waals surface area contributed by atoms with Gasteiger partial charge in [-0.1, -0.05) is 0 Å². The first kappa shape index (κ1) is 12.1. The first-order valence-electron chi connectivity index (χ1n) is 4.25. The highest BCUT2D eigenvalue weighted by atomic mass is 31.2. The summed E-state index contributed by atoms with van der Waals surface area (Å²) in [6.07, 6.45) is -0.232. The van der Waals surface area contributed by atoms with Gasteiger partial charge in [-0.25, -0.2) is 4.57 Å². The zero-order chi connectivity index (χ0) is 10.6. The lowest BCUT2D eigenvalue weighted by Crippen LogP contribution is -2.14. The van der Waals surface area contributed by atoms with Gasteiger partial charge < -0.3 is 9.84 Å². The van der Waals surface area contributed by atoms with Gasteiger partial charge in [-0.05, 0) is 0 Å². The standard InChI is InChI=1S/C7H15O6P/c1-10-14(9,11-2)13-5-7-3-6(8)4-12-7/h6-8H,3-5H2,1-2H3/t6-,7+/m1/s1. The van der Waals surface area contributed by atoms with Crippen molar-refractivity contribution in [1.29, 1.82) is 0 Å². The minimum atomic E-state index is -3.41. The molecule has 1 saturated heterocycles. The third-order valence-corrected chi connectivity index (χ3v) is 3.28. The predicted molar refractivity (Wildman–Crippen MR) is 47.9 cm³/mol. The third-order valence-electron chi connectivity index (χ3n) is 1.93. The van der Waals surface area contributed by atoms with Crippen LogP contribution < -0.4 is 0 Å². The Kier molecular flexibility index (Phi) is 4.50. The number of hydrogen-bond donors (Lipinski definition) is 1. The Balaban J connectivity index is 2.29. The van der Waals surface area contributed by atoms with Crippen LogP contribution in [-0.4, -0.2) is 44.7 Å². The molecule has 14 heavy (non-hydrogen) atoms. The van der Waals surface area contributed by atoms with E-state index >= 15 is 0 Å². The largest absolute Gasteiger partial charge is 0.474 e. The molecule has 1 aliphatic heterocycles. The summed E-state index contributed by atoms with van der Waals surface area (Å²) in [5.74, 6) is 0. The summed E-state index contributed by atoms with van der Waals surface area (Å²) >= 11 is 0. The van der Waals surface area contributed by atoms with Crippen LogP contribution in [0.15, 0.2) is 0 Å². The Labute approximate surface area is 82.7 Å². The van der Waals surface area contributed by atoms with E-state index in [1.54, 1.807) is 0 Å². The average Bonchev–Trinajstić information content (AvgIpc) is 2.61. The molecule has 0 aliphatic carbocycles. The Morgan fingerprint density at radius 3 is 2.57 bits per heavy atom. The quantitative estimate of drug-likeness (QED) is 0.690. The molecule has 0 bridgehead atoms. The van der Waals surface area contributed by atoms with E-state index in [1.807, 2.05) is 0 Å². The fraction of sp³-hybridized carbons (Fsp3) is 1.00. The van der Waals surface area contributed by atoms with E-state index < -0.39 is 13.9 Å². The maximum Gasteiger partial charge on any atom is 0.474 e. The first-order chi connectivity index (χ1) is 6.59. The highest BCUT2D eigenvalue weighted by molar-refractivity contribution is 7.48. The molecule has 6 nitrogen and oxygen atoms in total. The van der Waals surface area contributed by atoms with E-state index in [0.717, 1.165) is 0 Å². The Morgan fingerprint density at radius 2 is 2.14 bits per heavy atom. The van der Waals surface area contributed by atoms with E-state index in [4.69, 9.17) is 14.4 Å². The predicted octanol–water partition coefficient (Wildman–Crippen LogP) is 0.554. The molecule has 7 heteroatoms. The summed E-state index contributed by atoms with van der Waals surface area (Å²) in [5, 5.41) is 9.13. The second-order valence-corrected chi connectivity index (χ2v) is 4.84. The molecule has 0 amide bonds. The van der Waals surface area contributed by atoms with Crippen LogP contribution in [0.5, 0.6) is 0 Å². The van der Waals surface area contributed by atoms with Crippen LogP contribution in [0, 0.1) is 0 Å². The van der Waals surface area contributed by atoms with E-state index in [9.17, 15) is 4.57 Å². The van der Waals surface area contributed by atoms with Gasteiger partial charge in [-0.2, -0.15) is 0 Å². The summed E-state index contributed by atoms with van der Waals surface area (Å²) in [5.41, 5.74) is 0. The molecule has 0 aromatic rings. The lowest BCUT2D eigenvalue weighted by Gasteiger charge is -2.15. The van der Waals surface area contributed by atoms with Gasteiger partial charge in [-0.3, -0.25) is 13.6 Å². The molecule has 2 atom stereocenters. The van der Waals surface area contributed by atoms with Gasteiger partial charge in [0.1, 0.15) is 0 Å². The molecule has 1 aliphatic rings. The molecule has 0 saturated carbocycles. The van der Waals surface area contributed by atoms with Crippen LogP contribution >= 0.6 is 7.82 Å². The fourth-order valence-electron chi connectivity index (χ4n) is 1.16. The Hall–Kier alpha value is 0.0300. The molecule has 1 rings (SSSR count). The van der Waals surface area contributed by atoms with Crippen molar-refractivity contribution < 1.29 is 28.0 Å². The Morgan fingerprint density at radius 1 is 1.50 bits per heavy atom. The van der Waals surface area contributed by atoms with Gasteiger partial charge in [0, 0.05) is 20.6 Å². The van der Waals surface area contributed by atoms with Crippen molar-refractivity contribution in [1.82, 2.24) is 0 Å². The highest BCUT2D eigenvalue weighted by Crippen LogP contribution is 2.47. The van der Waals surface area contributed by atoms with Crippen LogP contribution in [0.3, 0.4) is 0 Å². The second-order valence-electron chi connectivity index (χ2n) is 2.95. The van der Waals surface area contributed by atoms with Gasteiger partial charge in [-0.15, -0.1) is 0 Å². The molecule has 0 spiro atoms. The van der Waals surface area contributed by atoms with Crippen LogP contribution in [0.4, 0.5) is 0 Å². The summed E-state index contributed by atoms with van der Waals surface area (Å²) in [4.78, 5) is 0. The summed E-state index contributed by atoms with van der Waals surface area (Å²) in [7, 11) is -0.926. The molecule has 0 aromatic heterocycles. The second kappa shape index (κ2) is 5.21. The lowest BCUT2D eigenvalue weighted by atomic mass is 10.2. The topological polar surface area (TPSA) is 74.2 Å². The van der Waals surface area contributed by atoms with E-state index in [-0.39, 0.29) is 19.3 Å². The molecule has 0 radical (unpaired) electrons. The van der Waals surface area contributed by atoms with E-state index in [2.05, 4.69) is 9.05 Å². The van der Waals surface area contributed by atoms with Gasteiger partial charge >= 0.3 is 7.82 Å². The molecule has 1 fully saturated rings. The number of aliphatic hydroxyl groups is 1. The Bertz CT molecular complexity index is 212. The van der Waals surface area contributed by atoms with Crippen molar-refractivity contribution in [3.8, 4) is 0 Å². The van der Waals surface area contributed by atoms with Crippen LogP contribution in [0.2, 0.25) is 0 Å². The minimum Gasteiger partial charge on any atom is -0.391 e. The van der Waals surface area contributed by atoms with Crippen molar-refractivity contribution in [3.63, 3.8) is 0 Å². The summed E-state index contributed by atoms with van der Waals surface area (Å²) in [6.45, 7) is 0.383. The van der Waals surface area contributed by atoms with Crippen LogP contribution in [0.1, 0.15) is 6.42 Å². The molecular weight excluding hydrogens is 211 g/mol. The van der Waals surface area contributed by atoms with Gasteiger partial charge in [0.05, 0.1) is 25.4 Å². The smallest absolute Gasteiger partial charge is 0.391 e. The maximum atomic E-state index is 11.4. The van der Waals surface area contributed by atoms with Crippen LogP contribution in [0.25, 0.3) is 0 Å². The molecule has 0 aromatic carbocycles. The SMILES string of the molecule is COP(=O)(OC)OC[C@@H]1C[C@@H](O)CO1. The van der Waals surface area contributed by atoms with Crippen molar-refractivity contribution in [2.45, 2.75) is 18.6 Å². The number of phosphoric ester groups is 1. The number of ether oxygens (including phenoxy) is 1. The number of hydrogen-bond acceptors (Lipinski definition) is 6.